The van der Waals surface area contributed by atoms with E-state index in [0.29, 0.717) is 6.04 Å². The minimum Gasteiger partial charge on any atom is -0.356 e. The summed E-state index contributed by atoms with van der Waals surface area (Å²) in [5.41, 5.74) is 0. The molecule has 2 aliphatic heterocycles. The quantitative estimate of drug-likeness (QED) is 0.896. The van der Waals surface area contributed by atoms with Crippen molar-refractivity contribution in [2.75, 3.05) is 23.7 Å². The molecule has 6 nitrogen and oxygen atoms in total. The molecule has 4 heterocycles. The van der Waals surface area contributed by atoms with E-state index < -0.39 is 9.84 Å². The fourth-order valence-corrected chi connectivity index (χ4v) is 5.48. The number of aromatic nitrogens is 2. The van der Waals surface area contributed by atoms with Gasteiger partial charge in [-0.2, -0.15) is 0 Å². The SMILES string of the molecule is Cc1nc(N2CCC(N[C@H]3C=CS(=O)(=O)C3)CC2)c2ccsc2n1. The van der Waals surface area contributed by atoms with Crippen molar-refractivity contribution in [3.8, 4) is 0 Å². The molecule has 2 aliphatic rings. The van der Waals surface area contributed by atoms with Gasteiger partial charge in [0.2, 0.25) is 0 Å². The zero-order valence-electron chi connectivity index (χ0n) is 13.5. The van der Waals surface area contributed by atoms with E-state index in [1.54, 1.807) is 17.4 Å². The maximum Gasteiger partial charge on any atom is 0.173 e. The van der Waals surface area contributed by atoms with Gasteiger partial charge < -0.3 is 10.2 Å². The number of hydrogen-bond acceptors (Lipinski definition) is 7. The fourth-order valence-electron chi connectivity index (χ4n) is 3.42. The lowest BCUT2D eigenvalue weighted by molar-refractivity contribution is 0.400. The van der Waals surface area contributed by atoms with E-state index in [0.717, 1.165) is 47.8 Å². The van der Waals surface area contributed by atoms with E-state index in [1.165, 1.54) is 5.41 Å². The molecule has 1 N–H and O–H groups in total. The Morgan fingerprint density at radius 2 is 2.08 bits per heavy atom. The Kier molecular flexibility index (Phi) is 4.06. The molecule has 0 bridgehead atoms. The Bertz CT molecular complexity index is 883. The van der Waals surface area contributed by atoms with Gasteiger partial charge in [-0.15, -0.1) is 11.3 Å². The van der Waals surface area contributed by atoms with E-state index >= 15 is 0 Å². The molecular weight excluding hydrogens is 344 g/mol. The number of thiophene rings is 1. The Morgan fingerprint density at radius 3 is 2.79 bits per heavy atom. The van der Waals surface area contributed by atoms with Crippen LogP contribution in [0.2, 0.25) is 0 Å². The van der Waals surface area contributed by atoms with Gasteiger partial charge in [0.25, 0.3) is 0 Å². The predicted octanol–water partition coefficient (Wildman–Crippen LogP) is 1.87. The molecule has 2 aromatic heterocycles. The van der Waals surface area contributed by atoms with Crippen LogP contribution >= 0.6 is 11.3 Å². The fraction of sp³-hybridized carbons (Fsp3) is 0.500. The van der Waals surface area contributed by atoms with Gasteiger partial charge in [0.15, 0.2) is 9.84 Å². The molecule has 0 radical (unpaired) electrons. The van der Waals surface area contributed by atoms with Crippen LogP contribution < -0.4 is 10.2 Å². The molecule has 1 atom stereocenters. The number of rotatable bonds is 3. The molecule has 24 heavy (non-hydrogen) atoms. The normalized spacial score (nSPS) is 24.0. The summed E-state index contributed by atoms with van der Waals surface area (Å²) in [7, 11) is -2.99. The highest BCUT2D eigenvalue weighted by Gasteiger charge is 2.27. The van der Waals surface area contributed by atoms with Crippen molar-refractivity contribution in [3.63, 3.8) is 0 Å². The first-order valence-corrected chi connectivity index (χ1v) is 10.7. The van der Waals surface area contributed by atoms with Crippen LogP contribution in [0, 0.1) is 6.92 Å². The zero-order chi connectivity index (χ0) is 16.7. The second kappa shape index (κ2) is 6.09. The zero-order valence-corrected chi connectivity index (χ0v) is 15.1. The van der Waals surface area contributed by atoms with Crippen LogP contribution in [0.1, 0.15) is 18.7 Å². The van der Waals surface area contributed by atoms with Crippen molar-refractivity contribution in [1.29, 1.82) is 0 Å². The maximum atomic E-state index is 11.5. The molecule has 0 aromatic carbocycles. The van der Waals surface area contributed by atoms with Crippen molar-refractivity contribution in [3.05, 3.63) is 28.8 Å². The number of anilines is 1. The first kappa shape index (κ1) is 16.0. The van der Waals surface area contributed by atoms with Gasteiger partial charge >= 0.3 is 0 Å². The van der Waals surface area contributed by atoms with Crippen molar-refractivity contribution in [1.82, 2.24) is 15.3 Å². The monoisotopic (exact) mass is 364 g/mol. The van der Waals surface area contributed by atoms with Gasteiger partial charge in [0, 0.05) is 30.6 Å². The Labute approximate surface area is 145 Å². The number of nitrogens with zero attached hydrogens (tertiary/aromatic N) is 3. The first-order chi connectivity index (χ1) is 11.5. The van der Waals surface area contributed by atoms with Crippen LogP contribution in [0.3, 0.4) is 0 Å². The lowest BCUT2D eigenvalue weighted by Crippen LogP contribution is -2.46. The topological polar surface area (TPSA) is 75.2 Å². The van der Waals surface area contributed by atoms with E-state index in [2.05, 4.69) is 31.6 Å². The standard InChI is InChI=1S/C16H20N4O2S2/c1-11-17-15(14-4-8-23-16(14)18-11)20-6-2-12(3-7-20)19-13-5-9-24(21,22)10-13/h4-5,8-9,12-13,19H,2-3,6-7,10H2,1H3/t13-/m0/s1. The number of fused-ring (bicyclic) bond motifs is 1. The average Bonchev–Trinajstić information content (AvgIpc) is 3.13. The summed E-state index contributed by atoms with van der Waals surface area (Å²) in [6, 6.07) is 2.40. The Morgan fingerprint density at radius 1 is 1.29 bits per heavy atom. The number of sulfone groups is 1. The van der Waals surface area contributed by atoms with Crippen LogP contribution in [0.4, 0.5) is 5.82 Å². The Hall–Kier alpha value is -1.51. The van der Waals surface area contributed by atoms with E-state index in [4.69, 9.17) is 0 Å². The molecule has 1 saturated heterocycles. The van der Waals surface area contributed by atoms with Crippen molar-refractivity contribution >= 4 is 37.2 Å². The summed E-state index contributed by atoms with van der Waals surface area (Å²) >= 11 is 1.65. The molecule has 1 fully saturated rings. The van der Waals surface area contributed by atoms with Crippen LogP contribution in [0.5, 0.6) is 0 Å². The predicted molar refractivity (Wildman–Crippen MR) is 97.2 cm³/mol. The van der Waals surface area contributed by atoms with Gasteiger partial charge in [0.1, 0.15) is 16.5 Å². The largest absolute Gasteiger partial charge is 0.356 e. The van der Waals surface area contributed by atoms with Crippen LogP contribution in [-0.4, -0.2) is 49.3 Å². The highest BCUT2D eigenvalue weighted by Crippen LogP contribution is 2.29. The highest BCUT2D eigenvalue weighted by molar-refractivity contribution is 7.94. The molecule has 0 unspecified atom stereocenters. The second-order valence-corrected chi connectivity index (χ2v) is 9.25. The second-order valence-electron chi connectivity index (χ2n) is 6.43. The summed E-state index contributed by atoms with van der Waals surface area (Å²) in [6.45, 7) is 3.77. The first-order valence-electron chi connectivity index (χ1n) is 8.14. The molecule has 128 valence electrons. The van der Waals surface area contributed by atoms with E-state index in [-0.39, 0.29) is 11.8 Å². The summed E-state index contributed by atoms with van der Waals surface area (Å²) in [5, 5.41) is 7.98. The Balaban J connectivity index is 1.43. The number of aryl methyl sites for hydroxylation is 1. The van der Waals surface area contributed by atoms with Crippen molar-refractivity contribution < 1.29 is 8.42 Å². The number of hydrogen-bond donors (Lipinski definition) is 1. The van der Waals surface area contributed by atoms with Gasteiger partial charge in [-0.1, -0.05) is 6.08 Å². The molecule has 8 heteroatoms. The van der Waals surface area contributed by atoms with Crippen LogP contribution in [0.15, 0.2) is 22.9 Å². The third-order valence-electron chi connectivity index (χ3n) is 4.59. The van der Waals surface area contributed by atoms with Gasteiger partial charge in [-0.25, -0.2) is 18.4 Å². The summed E-state index contributed by atoms with van der Waals surface area (Å²) in [6.07, 6.45) is 3.74. The number of piperidine rings is 1. The highest BCUT2D eigenvalue weighted by atomic mass is 32.2. The summed E-state index contributed by atoms with van der Waals surface area (Å²) in [5.74, 6) is 2.02. The maximum absolute atomic E-state index is 11.5. The summed E-state index contributed by atoms with van der Waals surface area (Å²) < 4.78 is 23.0. The lowest BCUT2D eigenvalue weighted by atomic mass is 10.0. The van der Waals surface area contributed by atoms with Gasteiger partial charge in [0.05, 0.1) is 11.1 Å². The molecule has 2 aromatic rings. The minimum atomic E-state index is -2.99. The lowest BCUT2D eigenvalue weighted by Gasteiger charge is -2.34. The van der Waals surface area contributed by atoms with E-state index in [9.17, 15) is 8.42 Å². The van der Waals surface area contributed by atoms with Crippen molar-refractivity contribution in [2.24, 2.45) is 0 Å². The van der Waals surface area contributed by atoms with E-state index in [1.807, 2.05) is 6.92 Å². The third-order valence-corrected chi connectivity index (χ3v) is 6.79. The molecule has 0 spiro atoms. The van der Waals surface area contributed by atoms with Gasteiger partial charge in [-0.05, 0) is 31.2 Å². The average molecular weight is 364 g/mol. The summed E-state index contributed by atoms with van der Waals surface area (Å²) in [4.78, 5) is 12.5. The molecule has 0 aliphatic carbocycles. The van der Waals surface area contributed by atoms with Crippen molar-refractivity contribution in [2.45, 2.75) is 31.8 Å². The molecule has 0 amide bonds. The van der Waals surface area contributed by atoms with Crippen LogP contribution in [-0.2, 0) is 9.84 Å². The molecular formula is C16H20N4O2S2. The number of nitrogens with one attached hydrogen (secondary N) is 1. The van der Waals surface area contributed by atoms with Gasteiger partial charge in [-0.3, -0.25) is 0 Å². The minimum absolute atomic E-state index is 0.0450. The smallest absolute Gasteiger partial charge is 0.173 e. The molecule has 0 saturated carbocycles. The molecule has 4 rings (SSSR count). The third kappa shape index (κ3) is 3.18. The van der Waals surface area contributed by atoms with Crippen LogP contribution in [0.25, 0.3) is 10.2 Å².